The Kier molecular flexibility index (Phi) is 9.41. The molecule has 2 atom stereocenters. The van der Waals surface area contributed by atoms with Crippen LogP contribution in [0, 0.1) is 0 Å². The smallest absolute Gasteiger partial charge is 0.198 e. The topological polar surface area (TPSA) is 187 Å². The quantitative estimate of drug-likeness (QED) is 0.297. The fourth-order valence-corrected chi connectivity index (χ4v) is 4.23. The lowest BCUT2D eigenvalue weighted by Gasteiger charge is -2.32. The first-order chi connectivity index (χ1) is 16.8. The number of aliphatic hydroxyl groups excluding tert-OH is 1. The number of fused-ring (bicyclic) bond motifs is 1. The molecule has 0 radical (unpaired) electrons. The number of rotatable bonds is 1. The van der Waals surface area contributed by atoms with Gasteiger partial charge in [0.05, 0.1) is 31.7 Å². The Bertz CT molecular complexity index is 947. The lowest BCUT2D eigenvalue weighted by molar-refractivity contribution is -0.662. The average molecular weight is 491 g/mol. The van der Waals surface area contributed by atoms with Crippen molar-refractivity contribution in [2.45, 2.75) is 50.7 Å². The van der Waals surface area contributed by atoms with Crippen molar-refractivity contribution in [3.8, 4) is 34.5 Å². The zero-order valence-electron chi connectivity index (χ0n) is 19.6. The molecule has 3 heterocycles. The monoisotopic (exact) mass is 490 g/mol. The third-order valence-electron chi connectivity index (χ3n) is 6.14. The van der Waals surface area contributed by atoms with E-state index in [0.717, 1.165) is 24.3 Å². The maximum atomic E-state index is 12.2. The van der Waals surface area contributed by atoms with E-state index < -0.39 is 52.3 Å². The van der Waals surface area contributed by atoms with E-state index in [1.165, 1.54) is 64.7 Å². The number of piperidine rings is 2. The third kappa shape index (κ3) is 6.91. The van der Waals surface area contributed by atoms with Gasteiger partial charge < -0.3 is 46.0 Å². The van der Waals surface area contributed by atoms with Crippen LogP contribution in [0.1, 0.15) is 60.6 Å². The van der Waals surface area contributed by atoms with E-state index in [1.807, 2.05) is 0 Å². The van der Waals surface area contributed by atoms with Gasteiger partial charge in [0, 0.05) is 11.6 Å². The Morgan fingerprint density at radius 3 is 1.74 bits per heavy atom. The van der Waals surface area contributed by atoms with E-state index in [2.05, 4.69) is 10.6 Å². The number of Topliss-reactive ketones (excluding diaryl/α,β-unsaturated/α-hetero) is 1. The molecule has 2 aromatic rings. The molecule has 3 aliphatic rings. The average Bonchev–Trinajstić information content (AvgIpc) is 2.87. The second-order valence-corrected chi connectivity index (χ2v) is 8.91. The molecule has 10 heteroatoms. The van der Waals surface area contributed by atoms with E-state index >= 15 is 0 Å². The Hall–Kier alpha value is -3.21. The predicted molar refractivity (Wildman–Crippen MR) is 121 cm³/mol. The molecule has 2 fully saturated rings. The van der Waals surface area contributed by atoms with Gasteiger partial charge in [0.25, 0.3) is 0 Å². The Balaban J connectivity index is 0.000000231. The highest BCUT2D eigenvalue weighted by Gasteiger charge is 2.38. The minimum Gasteiger partial charge on any atom is -0.872 e. The third-order valence-corrected chi connectivity index (χ3v) is 6.14. The van der Waals surface area contributed by atoms with Gasteiger partial charge in [-0.15, -0.1) is 0 Å². The minimum absolute atomic E-state index is 0.0399. The molecule has 35 heavy (non-hydrogen) atoms. The standard InChI is InChI=1S/C15H12O8.2C5H11N/c16-6-3-7(17)11-10(4-6)23-15(14(22)13(11)21)5-1-8(18)12(20)9(19)2-5;2*1-2-4-6-5-3-1/h1-4,14-20,22H;2*6H,1-5H2/t14-,15+;;/m0../s1. The summed E-state index contributed by atoms with van der Waals surface area (Å²) in [6, 6.07) is 3.73. The van der Waals surface area contributed by atoms with Gasteiger partial charge in [-0.2, -0.15) is 0 Å². The predicted octanol–water partition coefficient (Wildman–Crippen LogP) is -0.905. The molecule has 10 nitrogen and oxygen atoms in total. The van der Waals surface area contributed by atoms with Gasteiger partial charge in [-0.1, -0.05) is 5.75 Å². The van der Waals surface area contributed by atoms with Crippen molar-refractivity contribution in [2.75, 3.05) is 26.2 Å². The number of benzene rings is 2. The Morgan fingerprint density at radius 2 is 1.31 bits per heavy atom. The summed E-state index contributed by atoms with van der Waals surface area (Å²) >= 11 is 0. The largest absolute Gasteiger partial charge is 0.872 e. The Labute approximate surface area is 203 Å². The number of quaternary nitrogens is 2. The number of hydrogen-bond acceptors (Lipinski definition) is 8. The van der Waals surface area contributed by atoms with Crippen LogP contribution in [0.4, 0.5) is 0 Å². The van der Waals surface area contributed by atoms with Crippen molar-refractivity contribution in [3.05, 3.63) is 35.4 Å². The number of aliphatic hydroxyl groups is 1. The molecule has 2 aromatic carbocycles. The fraction of sp³-hybridized carbons (Fsp3) is 0.480. The van der Waals surface area contributed by atoms with Gasteiger partial charge in [-0.25, -0.2) is 0 Å². The zero-order valence-corrected chi connectivity index (χ0v) is 19.6. The molecule has 0 unspecified atom stereocenters. The van der Waals surface area contributed by atoms with Gasteiger partial charge in [0.2, 0.25) is 0 Å². The number of phenols is 3. The summed E-state index contributed by atoms with van der Waals surface area (Å²) in [7, 11) is 0. The molecule has 0 aromatic heterocycles. The Morgan fingerprint density at radius 1 is 0.800 bits per heavy atom. The normalized spacial score (nSPS) is 21.3. The summed E-state index contributed by atoms with van der Waals surface area (Å²) in [4.78, 5) is 12.2. The molecule has 3 aliphatic heterocycles. The van der Waals surface area contributed by atoms with Gasteiger partial charge >= 0.3 is 0 Å². The summed E-state index contributed by atoms with van der Waals surface area (Å²) in [5, 5.41) is 66.2. The van der Waals surface area contributed by atoms with Crippen LogP contribution in [-0.2, 0) is 0 Å². The molecule has 0 bridgehead atoms. The van der Waals surface area contributed by atoms with Crippen molar-refractivity contribution in [3.63, 3.8) is 0 Å². The van der Waals surface area contributed by atoms with E-state index in [4.69, 9.17) is 4.74 Å². The number of hydrogen-bond donors (Lipinski definition) is 6. The molecule has 0 saturated carbocycles. The summed E-state index contributed by atoms with van der Waals surface area (Å²) in [5.41, 5.74) is -0.442. The number of ether oxygens (including phenoxy) is 1. The van der Waals surface area contributed by atoms with Crippen LogP contribution in [0.3, 0.4) is 0 Å². The van der Waals surface area contributed by atoms with Gasteiger partial charge in [-0.05, 0) is 62.5 Å². The summed E-state index contributed by atoms with van der Waals surface area (Å²) in [6.45, 7) is 5.50. The van der Waals surface area contributed by atoms with Crippen molar-refractivity contribution in [1.82, 2.24) is 0 Å². The molecule has 8 N–H and O–H groups in total. The number of aromatic hydroxyl groups is 3. The number of ketones is 1. The van der Waals surface area contributed by atoms with Gasteiger partial charge in [0.15, 0.2) is 18.0 Å². The van der Waals surface area contributed by atoms with Crippen LogP contribution in [-0.4, -0.2) is 58.5 Å². The van der Waals surface area contributed by atoms with Crippen LogP contribution in [0.25, 0.3) is 0 Å². The molecular formula is C25H34N2O8. The lowest BCUT2D eigenvalue weighted by atomic mass is 9.92. The molecule has 0 aliphatic carbocycles. The number of carbonyl (C=O) groups excluding carboxylic acids is 1. The summed E-state index contributed by atoms with van der Waals surface area (Å²) < 4.78 is 5.36. The molecule has 2 saturated heterocycles. The van der Waals surface area contributed by atoms with Crippen LogP contribution in [0.15, 0.2) is 24.3 Å². The zero-order chi connectivity index (χ0) is 25.4. The minimum atomic E-state index is -1.78. The first-order valence-electron chi connectivity index (χ1n) is 12.1. The van der Waals surface area contributed by atoms with Crippen molar-refractivity contribution in [2.24, 2.45) is 0 Å². The maximum Gasteiger partial charge on any atom is 0.198 e. The molecular weight excluding hydrogens is 456 g/mol. The van der Waals surface area contributed by atoms with E-state index in [-0.39, 0.29) is 11.3 Å². The second-order valence-electron chi connectivity index (χ2n) is 8.91. The highest BCUT2D eigenvalue weighted by atomic mass is 16.5. The molecule has 0 amide bonds. The van der Waals surface area contributed by atoms with Crippen LogP contribution < -0.4 is 25.6 Å². The van der Waals surface area contributed by atoms with Crippen molar-refractivity contribution < 1.29 is 50.8 Å². The van der Waals surface area contributed by atoms with Crippen LogP contribution in [0.2, 0.25) is 0 Å². The number of carbonyl (C=O) groups is 1. The summed E-state index contributed by atoms with van der Waals surface area (Å²) in [6.07, 6.45) is 5.57. The maximum absolute atomic E-state index is 12.2. The second kappa shape index (κ2) is 12.5. The molecule has 192 valence electrons. The highest BCUT2D eigenvalue weighted by Crippen LogP contribution is 2.43. The highest BCUT2D eigenvalue weighted by molar-refractivity contribution is 6.05. The van der Waals surface area contributed by atoms with E-state index in [9.17, 15) is 35.4 Å². The van der Waals surface area contributed by atoms with Gasteiger partial charge in [0.1, 0.15) is 23.0 Å². The van der Waals surface area contributed by atoms with Gasteiger partial charge in [-0.3, -0.25) is 4.79 Å². The first-order valence-corrected chi connectivity index (χ1v) is 12.1. The van der Waals surface area contributed by atoms with Crippen molar-refractivity contribution >= 4 is 5.78 Å². The SMILES string of the molecule is C1CC[NH2+]CC1.C1CC[NH2+]CC1.O=C1c2c([O-])cc(O)cc2O[C@H](c2cc(O)c([O-])c(O)c2)[C@H]1O. The van der Waals surface area contributed by atoms with Crippen LogP contribution in [0.5, 0.6) is 34.5 Å². The van der Waals surface area contributed by atoms with Crippen molar-refractivity contribution in [1.29, 1.82) is 0 Å². The molecule has 5 rings (SSSR count). The van der Waals surface area contributed by atoms with Crippen LogP contribution >= 0.6 is 0 Å². The fourth-order valence-electron chi connectivity index (χ4n) is 4.23. The molecule has 0 spiro atoms. The van der Waals surface area contributed by atoms with E-state index in [1.54, 1.807) is 0 Å². The van der Waals surface area contributed by atoms with E-state index in [0.29, 0.717) is 0 Å². The lowest BCUT2D eigenvalue weighted by Crippen LogP contribution is -2.85. The first kappa shape index (κ1) is 26.4. The number of phenolic OH excluding ortho intramolecular Hbond substituents is 3. The number of nitrogens with two attached hydrogens (primary N) is 2. The summed E-state index contributed by atoms with van der Waals surface area (Å²) in [5.74, 6) is -4.96.